The summed E-state index contributed by atoms with van der Waals surface area (Å²) in [6, 6.07) is -0.895. The molecule has 0 saturated heterocycles. The summed E-state index contributed by atoms with van der Waals surface area (Å²) in [7, 11) is -1.36. The monoisotopic (exact) mass is 197 g/mol. The predicted molar refractivity (Wildman–Crippen MR) is 47.1 cm³/mol. The summed E-state index contributed by atoms with van der Waals surface area (Å²) < 4.78 is 0. The lowest BCUT2D eigenvalue weighted by atomic mass is 9.83. The number of halogens is 1. The molecule has 0 spiro atoms. The van der Waals surface area contributed by atoms with Gasteiger partial charge in [-0.1, -0.05) is 6.42 Å². The number of hydrogen-bond acceptors (Lipinski definition) is 4. The van der Waals surface area contributed by atoms with Gasteiger partial charge in [0.2, 0.25) is 0 Å². The second-order valence-electron chi connectivity index (χ2n) is 2.36. The first-order valence-corrected chi connectivity index (χ1v) is 3.38. The van der Waals surface area contributed by atoms with Gasteiger partial charge in [0.15, 0.2) is 0 Å². The molecule has 0 rings (SSSR count). The summed E-state index contributed by atoms with van der Waals surface area (Å²) >= 11 is 0. The molecule has 0 saturated carbocycles. The maximum Gasteiger partial charge on any atom is 0.451 e. The first-order valence-electron chi connectivity index (χ1n) is 3.38. The largest absolute Gasteiger partial charge is 0.480 e. The fraction of sp³-hybridized carbons (Fsp3) is 0.800. The van der Waals surface area contributed by atoms with Crippen molar-refractivity contribution in [2.24, 2.45) is 5.73 Å². The standard InChI is InChI=1S/C5H12BNO4.ClH/c7-4(5(8)9)2-1-3-6(10)11;/h4,10-11H,1-3,7H2,(H,8,9);1H. The van der Waals surface area contributed by atoms with E-state index in [1.165, 1.54) is 0 Å². The first kappa shape index (κ1) is 14.2. The molecule has 7 heteroatoms. The summed E-state index contributed by atoms with van der Waals surface area (Å²) in [4.78, 5) is 10.1. The lowest BCUT2D eigenvalue weighted by Crippen LogP contribution is -2.30. The zero-order valence-electron chi connectivity index (χ0n) is 6.51. The van der Waals surface area contributed by atoms with Crippen LogP contribution in [-0.4, -0.2) is 34.3 Å². The highest BCUT2D eigenvalue weighted by atomic mass is 35.5. The van der Waals surface area contributed by atoms with Crippen LogP contribution in [0.25, 0.3) is 0 Å². The average Bonchev–Trinajstić information content (AvgIpc) is 1.86. The number of carbonyl (C=O) groups is 1. The Morgan fingerprint density at radius 1 is 1.50 bits per heavy atom. The summed E-state index contributed by atoms with van der Waals surface area (Å²) in [5.74, 6) is -1.06. The lowest BCUT2D eigenvalue weighted by Gasteiger charge is -2.04. The van der Waals surface area contributed by atoms with Gasteiger partial charge in [-0.2, -0.15) is 0 Å². The minimum Gasteiger partial charge on any atom is -0.480 e. The summed E-state index contributed by atoms with van der Waals surface area (Å²) in [5.41, 5.74) is 5.14. The van der Waals surface area contributed by atoms with E-state index in [0.717, 1.165) is 0 Å². The Hall–Kier alpha value is -0.295. The molecule has 72 valence electrons. The number of nitrogens with two attached hydrogens (primary N) is 1. The van der Waals surface area contributed by atoms with Gasteiger partial charge in [-0.05, 0) is 12.7 Å². The topological polar surface area (TPSA) is 104 Å². The van der Waals surface area contributed by atoms with Crippen molar-refractivity contribution in [3.63, 3.8) is 0 Å². The first-order chi connectivity index (χ1) is 5.04. The smallest absolute Gasteiger partial charge is 0.451 e. The Bertz CT molecular complexity index is 135. The summed E-state index contributed by atoms with van der Waals surface area (Å²) in [5, 5.41) is 25.0. The quantitative estimate of drug-likeness (QED) is 0.427. The predicted octanol–water partition coefficient (Wildman–Crippen LogP) is -0.927. The summed E-state index contributed by atoms with van der Waals surface area (Å²) in [6.45, 7) is 0. The van der Waals surface area contributed by atoms with E-state index in [-0.39, 0.29) is 25.1 Å². The van der Waals surface area contributed by atoms with Gasteiger partial charge in [0.05, 0.1) is 0 Å². The molecule has 0 bridgehead atoms. The van der Waals surface area contributed by atoms with Gasteiger partial charge in [-0.15, -0.1) is 12.4 Å². The number of carboxylic acid groups (broad SMARTS) is 1. The van der Waals surface area contributed by atoms with Crippen LogP contribution in [0.15, 0.2) is 0 Å². The zero-order chi connectivity index (χ0) is 8.85. The molecule has 0 heterocycles. The van der Waals surface area contributed by atoms with Crippen molar-refractivity contribution in [3.05, 3.63) is 0 Å². The molecule has 5 nitrogen and oxygen atoms in total. The maximum absolute atomic E-state index is 10.1. The lowest BCUT2D eigenvalue weighted by molar-refractivity contribution is -0.138. The van der Waals surface area contributed by atoms with Crippen LogP contribution in [0, 0.1) is 0 Å². The fourth-order valence-corrected chi connectivity index (χ4v) is 0.644. The number of hydrogen-bond donors (Lipinski definition) is 4. The number of rotatable bonds is 5. The third-order valence-electron chi connectivity index (χ3n) is 1.29. The van der Waals surface area contributed by atoms with Crippen molar-refractivity contribution in [3.8, 4) is 0 Å². The molecule has 0 aliphatic carbocycles. The van der Waals surface area contributed by atoms with Crippen LogP contribution >= 0.6 is 12.4 Å². The molecular formula is C5H13BClNO4. The Kier molecular flexibility index (Phi) is 8.73. The third-order valence-corrected chi connectivity index (χ3v) is 1.29. The van der Waals surface area contributed by atoms with E-state index in [0.29, 0.717) is 6.42 Å². The van der Waals surface area contributed by atoms with E-state index in [9.17, 15) is 4.79 Å². The number of carboxylic acids is 1. The fourth-order valence-electron chi connectivity index (χ4n) is 0.644. The van der Waals surface area contributed by atoms with Crippen molar-refractivity contribution >= 4 is 25.5 Å². The van der Waals surface area contributed by atoms with E-state index in [4.69, 9.17) is 20.9 Å². The molecular weight excluding hydrogens is 184 g/mol. The highest BCUT2D eigenvalue weighted by Crippen LogP contribution is 2.00. The third kappa shape index (κ3) is 7.81. The molecule has 12 heavy (non-hydrogen) atoms. The normalized spacial score (nSPS) is 11.6. The molecule has 0 aromatic heterocycles. The van der Waals surface area contributed by atoms with Crippen LogP contribution < -0.4 is 5.73 Å². The molecule has 0 fully saturated rings. The Labute approximate surface area is 77.1 Å². The molecule has 0 amide bonds. The molecule has 0 aliphatic rings. The average molecular weight is 197 g/mol. The molecule has 0 aliphatic heterocycles. The Balaban J connectivity index is 0. The van der Waals surface area contributed by atoms with Gasteiger partial charge in [0.25, 0.3) is 0 Å². The van der Waals surface area contributed by atoms with Crippen molar-refractivity contribution in [1.82, 2.24) is 0 Å². The van der Waals surface area contributed by atoms with Crippen molar-refractivity contribution in [1.29, 1.82) is 0 Å². The molecule has 0 aromatic rings. The minimum atomic E-state index is -1.36. The zero-order valence-corrected chi connectivity index (χ0v) is 7.33. The SMILES string of the molecule is Cl.NC(CCCB(O)O)C(=O)O. The van der Waals surface area contributed by atoms with Crippen LogP contribution in [0.5, 0.6) is 0 Å². The van der Waals surface area contributed by atoms with E-state index in [1.807, 2.05) is 0 Å². The van der Waals surface area contributed by atoms with E-state index < -0.39 is 19.1 Å². The summed E-state index contributed by atoms with van der Waals surface area (Å²) in [6.07, 6.45) is 0.846. The van der Waals surface area contributed by atoms with Gasteiger partial charge in [-0.3, -0.25) is 4.79 Å². The Morgan fingerprint density at radius 2 is 2.00 bits per heavy atom. The van der Waals surface area contributed by atoms with Crippen LogP contribution in [0.1, 0.15) is 12.8 Å². The van der Waals surface area contributed by atoms with Gasteiger partial charge in [0, 0.05) is 0 Å². The van der Waals surface area contributed by atoms with Gasteiger partial charge in [0.1, 0.15) is 6.04 Å². The van der Waals surface area contributed by atoms with Crippen LogP contribution in [-0.2, 0) is 4.79 Å². The molecule has 1 atom stereocenters. The van der Waals surface area contributed by atoms with Gasteiger partial charge in [-0.25, -0.2) is 0 Å². The molecule has 5 N–H and O–H groups in total. The van der Waals surface area contributed by atoms with Gasteiger partial charge < -0.3 is 20.9 Å². The molecule has 0 radical (unpaired) electrons. The Morgan fingerprint density at radius 3 is 2.33 bits per heavy atom. The highest BCUT2D eigenvalue weighted by molar-refractivity contribution is 6.40. The van der Waals surface area contributed by atoms with Crippen molar-refractivity contribution in [2.75, 3.05) is 0 Å². The van der Waals surface area contributed by atoms with Crippen molar-refractivity contribution in [2.45, 2.75) is 25.2 Å². The minimum absolute atomic E-state index is 0. The highest BCUT2D eigenvalue weighted by Gasteiger charge is 2.12. The molecule has 0 aromatic carbocycles. The van der Waals surface area contributed by atoms with Gasteiger partial charge >= 0.3 is 13.1 Å². The molecule has 1 unspecified atom stereocenters. The number of aliphatic carboxylic acids is 1. The van der Waals surface area contributed by atoms with Crippen LogP contribution in [0.4, 0.5) is 0 Å². The van der Waals surface area contributed by atoms with Crippen LogP contribution in [0.3, 0.4) is 0 Å². The van der Waals surface area contributed by atoms with Crippen molar-refractivity contribution < 1.29 is 19.9 Å². The maximum atomic E-state index is 10.1. The second-order valence-corrected chi connectivity index (χ2v) is 2.36. The van der Waals surface area contributed by atoms with E-state index >= 15 is 0 Å². The van der Waals surface area contributed by atoms with E-state index in [2.05, 4.69) is 0 Å². The van der Waals surface area contributed by atoms with E-state index in [1.54, 1.807) is 0 Å². The van der Waals surface area contributed by atoms with Crippen LogP contribution in [0.2, 0.25) is 6.32 Å². The second kappa shape index (κ2) is 7.36.